The predicted octanol–water partition coefficient (Wildman–Crippen LogP) is 2.30. The molecule has 6 nitrogen and oxygen atoms in total. The number of nitrogens with one attached hydrogen (secondary N) is 1. The average molecular weight is 313 g/mol. The van der Waals surface area contributed by atoms with Crippen molar-refractivity contribution in [3.8, 4) is 0 Å². The Morgan fingerprint density at radius 2 is 2.09 bits per heavy atom. The summed E-state index contributed by atoms with van der Waals surface area (Å²) in [5.74, 6) is -0.331. The molecule has 1 N–H and O–H groups in total. The number of allylic oxidation sites excluding steroid dienone is 2. The normalized spacial score (nSPS) is 28.2. The lowest BCUT2D eigenvalue weighted by Gasteiger charge is -2.35. The predicted molar refractivity (Wildman–Crippen MR) is 80.7 cm³/mol. The Labute approximate surface area is 132 Å². The lowest BCUT2D eigenvalue weighted by molar-refractivity contribution is -0.274. The second kappa shape index (κ2) is 7.83. The van der Waals surface area contributed by atoms with E-state index in [4.69, 9.17) is 18.9 Å². The van der Waals surface area contributed by atoms with E-state index in [-0.39, 0.29) is 0 Å². The molecule has 1 saturated heterocycles. The van der Waals surface area contributed by atoms with E-state index in [0.29, 0.717) is 32.5 Å². The molecule has 0 bridgehead atoms. The molecule has 0 aromatic rings. The molecule has 2 heterocycles. The molecule has 1 fully saturated rings. The molecule has 2 aliphatic heterocycles. The molecule has 0 atom stereocenters. The highest BCUT2D eigenvalue weighted by Gasteiger charge is 2.41. The molecule has 6 heteroatoms. The smallest absolute Gasteiger partial charge is 0.366 e. The van der Waals surface area contributed by atoms with Gasteiger partial charge in [0.2, 0.25) is 0 Å². The van der Waals surface area contributed by atoms with E-state index in [1.165, 1.54) is 5.70 Å². The fraction of sp³-hybridized carbons (Fsp3) is 0.812. The summed E-state index contributed by atoms with van der Waals surface area (Å²) in [7, 11) is 0. The first-order chi connectivity index (χ1) is 10.5. The van der Waals surface area contributed by atoms with Gasteiger partial charge in [-0.3, -0.25) is 0 Å². The summed E-state index contributed by atoms with van der Waals surface area (Å²) < 4.78 is 21.5. The van der Waals surface area contributed by atoms with Crippen molar-refractivity contribution in [2.75, 3.05) is 26.6 Å². The molecule has 0 radical (unpaired) electrons. The Kier molecular flexibility index (Phi) is 6.08. The fourth-order valence-corrected chi connectivity index (χ4v) is 2.63. The summed E-state index contributed by atoms with van der Waals surface area (Å²) >= 11 is 0. The van der Waals surface area contributed by atoms with Gasteiger partial charge in [-0.1, -0.05) is 6.42 Å². The van der Waals surface area contributed by atoms with Gasteiger partial charge in [0.25, 0.3) is 5.79 Å². The fourth-order valence-electron chi connectivity index (χ4n) is 2.63. The number of rotatable bonds is 7. The molecule has 126 valence electrons. The maximum Gasteiger partial charge on any atom is 0.366 e. The van der Waals surface area contributed by atoms with Crippen molar-refractivity contribution in [3.05, 3.63) is 11.5 Å². The molecule has 0 unspecified atom stereocenters. The highest BCUT2D eigenvalue weighted by Crippen LogP contribution is 2.26. The van der Waals surface area contributed by atoms with Crippen LogP contribution in [0, 0.1) is 5.92 Å². The molecule has 0 aromatic heterocycles. The van der Waals surface area contributed by atoms with Crippen molar-refractivity contribution in [1.82, 2.24) is 5.32 Å². The van der Waals surface area contributed by atoms with Crippen LogP contribution in [0.1, 0.15) is 46.5 Å². The minimum Gasteiger partial charge on any atom is -0.476 e. The first kappa shape index (κ1) is 17.1. The average Bonchev–Trinajstić information content (AvgIpc) is 2.91. The number of unbranched alkanes of at least 4 members (excludes halogenated alkanes) is 1. The van der Waals surface area contributed by atoms with Crippen molar-refractivity contribution in [2.24, 2.45) is 5.92 Å². The Morgan fingerprint density at radius 3 is 2.68 bits per heavy atom. The third-order valence-electron chi connectivity index (χ3n) is 4.12. The van der Waals surface area contributed by atoms with Crippen molar-refractivity contribution in [2.45, 2.75) is 52.2 Å². The van der Waals surface area contributed by atoms with Gasteiger partial charge in [0.05, 0.1) is 25.5 Å². The molecule has 0 aromatic carbocycles. The maximum absolute atomic E-state index is 11.8. The minimum atomic E-state index is -1.24. The van der Waals surface area contributed by atoms with Gasteiger partial charge in [-0.2, -0.15) is 0 Å². The molecule has 0 amide bonds. The first-order valence-corrected chi connectivity index (χ1v) is 8.06. The molecule has 22 heavy (non-hydrogen) atoms. The van der Waals surface area contributed by atoms with Crippen LogP contribution in [-0.2, 0) is 23.7 Å². The van der Waals surface area contributed by atoms with E-state index < -0.39 is 11.8 Å². The van der Waals surface area contributed by atoms with Crippen LogP contribution < -0.4 is 5.32 Å². The number of hydrogen-bond acceptors (Lipinski definition) is 6. The lowest BCUT2D eigenvalue weighted by atomic mass is 10.0. The highest BCUT2D eigenvalue weighted by atomic mass is 16.7. The van der Waals surface area contributed by atoms with Crippen molar-refractivity contribution < 1.29 is 23.7 Å². The Bertz CT molecular complexity index is 413. The summed E-state index contributed by atoms with van der Waals surface area (Å²) in [4.78, 5) is 11.8. The third-order valence-corrected chi connectivity index (χ3v) is 4.12. The van der Waals surface area contributed by atoms with Gasteiger partial charge in [-0.05, 0) is 33.1 Å². The molecular formula is C16H27NO5. The molecular weight excluding hydrogens is 286 g/mol. The number of ether oxygens (including phenoxy) is 4. The second-order valence-electron chi connectivity index (χ2n) is 5.90. The van der Waals surface area contributed by atoms with Crippen LogP contribution in [0.4, 0.5) is 0 Å². The third kappa shape index (κ3) is 4.36. The summed E-state index contributed by atoms with van der Waals surface area (Å²) in [6, 6.07) is 0. The quantitative estimate of drug-likeness (QED) is 0.575. The summed E-state index contributed by atoms with van der Waals surface area (Å²) in [6.45, 7) is 7.40. The van der Waals surface area contributed by atoms with Crippen LogP contribution >= 0.6 is 0 Å². The molecule has 2 aliphatic rings. The Hall–Kier alpha value is -1.27. The number of esters is 1. The van der Waals surface area contributed by atoms with Gasteiger partial charge in [-0.25, -0.2) is 4.79 Å². The first-order valence-electron chi connectivity index (χ1n) is 8.06. The SMILES string of the molecule is CCOC(=O)C1(C)OCC(CCCCC2=C(C)OCN2)CO1. The van der Waals surface area contributed by atoms with E-state index >= 15 is 0 Å². The zero-order chi connectivity index (χ0) is 16.0. The van der Waals surface area contributed by atoms with Gasteiger partial charge in [0.15, 0.2) is 6.73 Å². The molecule has 2 rings (SSSR count). The van der Waals surface area contributed by atoms with Gasteiger partial charge in [0, 0.05) is 12.8 Å². The van der Waals surface area contributed by atoms with Crippen molar-refractivity contribution >= 4 is 5.97 Å². The number of hydrogen-bond donors (Lipinski definition) is 1. The Balaban J connectivity index is 1.63. The van der Waals surface area contributed by atoms with E-state index in [1.807, 2.05) is 6.92 Å². The maximum atomic E-state index is 11.8. The van der Waals surface area contributed by atoms with Gasteiger partial charge >= 0.3 is 5.97 Å². The van der Waals surface area contributed by atoms with E-state index in [2.05, 4.69) is 5.32 Å². The van der Waals surface area contributed by atoms with E-state index in [1.54, 1.807) is 13.8 Å². The summed E-state index contributed by atoms with van der Waals surface area (Å²) in [5, 5.41) is 3.24. The topological polar surface area (TPSA) is 66.0 Å². The van der Waals surface area contributed by atoms with Crippen LogP contribution in [0.2, 0.25) is 0 Å². The van der Waals surface area contributed by atoms with Gasteiger partial charge in [-0.15, -0.1) is 0 Å². The van der Waals surface area contributed by atoms with Crippen molar-refractivity contribution in [1.29, 1.82) is 0 Å². The summed E-state index contributed by atoms with van der Waals surface area (Å²) in [5.41, 5.74) is 1.21. The van der Waals surface area contributed by atoms with Gasteiger partial charge < -0.3 is 24.3 Å². The zero-order valence-electron chi connectivity index (χ0n) is 13.8. The molecule has 0 saturated carbocycles. The van der Waals surface area contributed by atoms with E-state index in [9.17, 15) is 4.79 Å². The summed E-state index contributed by atoms with van der Waals surface area (Å²) in [6.07, 6.45) is 4.26. The molecule has 0 aliphatic carbocycles. The highest BCUT2D eigenvalue weighted by molar-refractivity contribution is 5.77. The number of carbonyl (C=O) groups excluding carboxylic acids is 1. The lowest BCUT2D eigenvalue weighted by Crippen LogP contribution is -2.48. The van der Waals surface area contributed by atoms with E-state index in [0.717, 1.165) is 31.4 Å². The monoisotopic (exact) mass is 313 g/mol. The minimum absolute atomic E-state index is 0.331. The Morgan fingerprint density at radius 1 is 1.36 bits per heavy atom. The van der Waals surface area contributed by atoms with Crippen LogP contribution in [0.3, 0.4) is 0 Å². The van der Waals surface area contributed by atoms with Crippen LogP contribution in [0.5, 0.6) is 0 Å². The second-order valence-corrected chi connectivity index (χ2v) is 5.90. The van der Waals surface area contributed by atoms with Crippen LogP contribution in [-0.4, -0.2) is 38.3 Å². The van der Waals surface area contributed by atoms with Gasteiger partial charge in [0.1, 0.15) is 5.76 Å². The zero-order valence-corrected chi connectivity index (χ0v) is 13.8. The molecule has 0 spiro atoms. The van der Waals surface area contributed by atoms with Crippen LogP contribution in [0.25, 0.3) is 0 Å². The van der Waals surface area contributed by atoms with Crippen molar-refractivity contribution in [3.63, 3.8) is 0 Å². The van der Waals surface area contributed by atoms with Crippen LogP contribution in [0.15, 0.2) is 11.5 Å². The standard InChI is InChI=1S/C16H27NO5/c1-4-19-15(18)16(3)21-9-13(10-22-16)7-5-6-8-14-12(2)20-11-17-14/h13,17H,4-11H2,1-3H3. The number of carbonyl (C=O) groups is 1. The largest absolute Gasteiger partial charge is 0.476 e.